The van der Waals surface area contributed by atoms with Crippen molar-refractivity contribution in [2.24, 2.45) is 0 Å². The second kappa shape index (κ2) is 8.93. The summed E-state index contributed by atoms with van der Waals surface area (Å²) in [5, 5.41) is 2.78. The first-order valence-corrected chi connectivity index (χ1v) is 10.1. The lowest BCUT2D eigenvalue weighted by atomic mass is 10.2. The molecule has 3 rings (SSSR count). The van der Waals surface area contributed by atoms with Crippen LogP contribution < -0.4 is 10.2 Å². The van der Waals surface area contributed by atoms with Gasteiger partial charge < -0.3 is 15.1 Å². The van der Waals surface area contributed by atoms with Gasteiger partial charge in [0.1, 0.15) is 0 Å². The number of aryl methyl sites for hydroxylation is 1. The largest absolute Gasteiger partial charge is 0.336 e. The van der Waals surface area contributed by atoms with Gasteiger partial charge in [-0.15, -0.1) is 11.8 Å². The molecule has 0 bridgehead atoms. The molecule has 1 aliphatic rings. The number of rotatable bonds is 6. The number of hydrogen-bond acceptors (Lipinski definition) is 4. The maximum atomic E-state index is 12.4. The Hall–Kier alpha value is -2.80. The van der Waals surface area contributed by atoms with Crippen molar-refractivity contribution in [2.75, 3.05) is 36.1 Å². The molecule has 0 unspecified atom stereocenters. The molecule has 0 saturated heterocycles. The highest BCUT2D eigenvalue weighted by Gasteiger charge is 2.25. The van der Waals surface area contributed by atoms with E-state index in [1.165, 1.54) is 16.7 Å². The molecule has 7 heteroatoms. The number of benzene rings is 2. The van der Waals surface area contributed by atoms with Crippen molar-refractivity contribution in [1.29, 1.82) is 0 Å². The number of thioether (sulfide) groups is 1. The fourth-order valence-corrected chi connectivity index (χ4v) is 3.87. The van der Waals surface area contributed by atoms with E-state index in [1.54, 1.807) is 11.9 Å². The number of likely N-dealkylation sites (N-methyl/N-ethyl adjacent to an activating group) is 1. The van der Waals surface area contributed by atoms with Gasteiger partial charge in [0.2, 0.25) is 17.7 Å². The molecule has 0 radical (unpaired) electrons. The first kappa shape index (κ1) is 19.9. The predicted molar refractivity (Wildman–Crippen MR) is 112 cm³/mol. The Morgan fingerprint density at radius 1 is 1.14 bits per heavy atom. The molecule has 0 saturated carbocycles. The van der Waals surface area contributed by atoms with Crippen molar-refractivity contribution in [1.82, 2.24) is 4.90 Å². The van der Waals surface area contributed by atoms with Gasteiger partial charge >= 0.3 is 0 Å². The minimum absolute atomic E-state index is 0.00346. The lowest BCUT2D eigenvalue weighted by Gasteiger charge is -2.29. The van der Waals surface area contributed by atoms with E-state index in [9.17, 15) is 14.4 Å². The van der Waals surface area contributed by atoms with Crippen LogP contribution in [-0.4, -0.2) is 48.5 Å². The smallest absolute Gasteiger partial charge is 0.243 e. The highest BCUT2D eigenvalue weighted by atomic mass is 32.2. The van der Waals surface area contributed by atoms with Crippen molar-refractivity contribution in [3.63, 3.8) is 0 Å². The standard InChI is InChI=1S/C21H23N3O3S/c1-15-7-9-16(10-8-15)22-19(25)13-23(2)20(26)11-12-24-17-5-3-4-6-18(17)28-14-21(24)27/h3-10H,11-14H2,1-2H3,(H,22,25). The lowest BCUT2D eigenvalue weighted by Crippen LogP contribution is -2.40. The van der Waals surface area contributed by atoms with Crippen LogP contribution in [0, 0.1) is 6.92 Å². The van der Waals surface area contributed by atoms with Gasteiger partial charge in [-0.1, -0.05) is 29.8 Å². The maximum Gasteiger partial charge on any atom is 0.243 e. The van der Waals surface area contributed by atoms with Crippen molar-refractivity contribution >= 4 is 40.9 Å². The van der Waals surface area contributed by atoms with Gasteiger partial charge in [-0.05, 0) is 31.2 Å². The molecule has 0 aliphatic carbocycles. The maximum absolute atomic E-state index is 12.4. The van der Waals surface area contributed by atoms with Gasteiger partial charge in [0.15, 0.2) is 0 Å². The van der Waals surface area contributed by atoms with Crippen LogP contribution in [0.25, 0.3) is 0 Å². The van der Waals surface area contributed by atoms with E-state index in [0.29, 0.717) is 18.0 Å². The van der Waals surface area contributed by atoms with Crippen LogP contribution >= 0.6 is 11.8 Å². The van der Waals surface area contributed by atoms with Crippen LogP contribution in [-0.2, 0) is 14.4 Å². The summed E-state index contributed by atoms with van der Waals surface area (Å²) in [7, 11) is 1.60. The lowest BCUT2D eigenvalue weighted by molar-refractivity contribution is -0.133. The fraction of sp³-hybridized carbons (Fsp3) is 0.286. The quantitative estimate of drug-likeness (QED) is 0.814. The van der Waals surface area contributed by atoms with Crippen LogP contribution in [0.5, 0.6) is 0 Å². The van der Waals surface area contributed by atoms with Crippen LogP contribution in [0.15, 0.2) is 53.4 Å². The van der Waals surface area contributed by atoms with Crippen LogP contribution in [0.2, 0.25) is 0 Å². The molecule has 2 aromatic carbocycles. The summed E-state index contributed by atoms with van der Waals surface area (Å²) in [5.74, 6) is -0.0608. The zero-order valence-electron chi connectivity index (χ0n) is 16.0. The van der Waals surface area contributed by atoms with Gasteiger partial charge in [-0.3, -0.25) is 14.4 Å². The summed E-state index contributed by atoms with van der Waals surface area (Å²) in [6.45, 7) is 2.24. The summed E-state index contributed by atoms with van der Waals surface area (Å²) in [6, 6.07) is 15.2. The topological polar surface area (TPSA) is 69.7 Å². The van der Waals surface area contributed by atoms with Crippen molar-refractivity contribution in [2.45, 2.75) is 18.2 Å². The number of carbonyl (C=O) groups is 3. The fourth-order valence-electron chi connectivity index (χ4n) is 2.94. The highest BCUT2D eigenvalue weighted by Crippen LogP contribution is 2.34. The zero-order chi connectivity index (χ0) is 20.1. The predicted octanol–water partition coefficient (Wildman–Crippen LogP) is 2.92. The monoisotopic (exact) mass is 397 g/mol. The summed E-state index contributed by atoms with van der Waals surface area (Å²) in [5.41, 5.74) is 2.65. The summed E-state index contributed by atoms with van der Waals surface area (Å²) >= 11 is 1.51. The first-order chi connectivity index (χ1) is 13.4. The van der Waals surface area contributed by atoms with Crippen LogP contribution in [0.1, 0.15) is 12.0 Å². The number of amides is 3. The number of nitrogens with zero attached hydrogens (tertiary/aromatic N) is 2. The molecule has 28 heavy (non-hydrogen) atoms. The van der Waals surface area contributed by atoms with Gasteiger partial charge in [-0.25, -0.2) is 0 Å². The van der Waals surface area contributed by atoms with E-state index >= 15 is 0 Å². The van der Waals surface area contributed by atoms with Crippen molar-refractivity contribution in [3.8, 4) is 0 Å². The van der Waals surface area contributed by atoms with Crippen molar-refractivity contribution < 1.29 is 14.4 Å². The van der Waals surface area contributed by atoms with Gasteiger partial charge in [0.25, 0.3) is 0 Å². The Bertz CT molecular complexity index is 883. The summed E-state index contributed by atoms with van der Waals surface area (Å²) in [6.07, 6.45) is 0.166. The van der Waals surface area contributed by atoms with E-state index in [1.807, 2.05) is 55.5 Å². The first-order valence-electron chi connectivity index (χ1n) is 9.07. The van der Waals surface area contributed by atoms with E-state index in [2.05, 4.69) is 5.32 Å². The summed E-state index contributed by atoms with van der Waals surface area (Å²) < 4.78 is 0. The number of para-hydroxylation sites is 1. The minimum Gasteiger partial charge on any atom is -0.336 e. The third-order valence-corrected chi connectivity index (χ3v) is 5.55. The van der Waals surface area contributed by atoms with Crippen LogP contribution in [0.4, 0.5) is 11.4 Å². The SMILES string of the molecule is Cc1ccc(NC(=O)CN(C)C(=O)CCN2C(=O)CSc3ccccc32)cc1. The second-order valence-electron chi connectivity index (χ2n) is 6.72. The molecule has 0 spiro atoms. The minimum atomic E-state index is -0.254. The van der Waals surface area contributed by atoms with E-state index in [4.69, 9.17) is 0 Å². The molecule has 1 heterocycles. The molecular formula is C21H23N3O3S. The van der Waals surface area contributed by atoms with Crippen LogP contribution in [0.3, 0.4) is 0 Å². The number of fused-ring (bicyclic) bond motifs is 1. The van der Waals surface area contributed by atoms with Gasteiger partial charge in [0.05, 0.1) is 18.0 Å². The Morgan fingerprint density at radius 2 is 1.86 bits per heavy atom. The Morgan fingerprint density at radius 3 is 2.61 bits per heavy atom. The van der Waals surface area contributed by atoms with Gasteiger partial charge in [0, 0.05) is 30.6 Å². The Kier molecular flexibility index (Phi) is 6.36. The van der Waals surface area contributed by atoms with E-state index < -0.39 is 0 Å². The summed E-state index contributed by atoms with van der Waals surface area (Å²) in [4.78, 5) is 40.9. The van der Waals surface area contributed by atoms with E-state index in [0.717, 1.165) is 16.1 Å². The van der Waals surface area contributed by atoms with E-state index in [-0.39, 0.29) is 30.7 Å². The average molecular weight is 398 g/mol. The highest BCUT2D eigenvalue weighted by molar-refractivity contribution is 8.00. The molecule has 1 aliphatic heterocycles. The Labute approximate surface area is 168 Å². The number of carbonyl (C=O) groups excluding carboxylic acids is 3. The van der Waals surface area contributed by atoms with Gasteiger partial charge in [-0.2, -0.15) is 0 Å². The average Bonchev–Trinajstić information content (AvgIpc) is 2.68. The molecule has 3 amide bonds. The molecule has 0 fully saturated rings. The molecule has 0 aromatic heterocycles. The molecule has 146 valence electrons. The molecule has 0 atom stereocenters. The molecule has 2 aromatic rings. The molecule has 1 N–H and O–H groups in total. The third kappa shape index (κ3) is 4.92. The molecule has 6 nitrogen and oxygen atoms in total. The Balaban J connectivity index is 1.52. The number of nitrogens with one attached hydrogen (secondary N) is 1. The third-order valence-electron chi connectivity index (χ3n) is 4.50. The van der Waals surface area contributed by atoms with Crippen molar-refractivity contribution in [3.05, 3.63) is 54.1 Å². The second-order valence-corrected chi connectivity index (χ2v) is 7.73. The normalized spacial score (nSPS) is 13.1. The number of anilines is 2. The number of hydrogen-bond donors (Lipinski definition) is 1. The zero-order valence-corrected chi connectivity index (χ0v) is 16.8. The molecular weight excluding hydrogens is 374 g/mol.